The molecule has 5 nitrogen and oxygen atoms in total. The molecule has 0 aliphatic carbocycles. The fourth-order valence-corrected chi connectivity index (χ4v) is 2.05. The Morgan fingerprint density at radius 2 is 1.81 bits per heavy atom. The third-order valence-corrected chi connectivity index (χ3v) is 2.97. The van der Waals surface area contributed by atoms with Crippen molar-refractivity contribution in [3.8, 4) is 5.75 Å². The molecule has 0 aromatic heterocycles. The zero-order valence-corrected chi connectivity index (χ0v) is 8.61. The monoisotopic (exact) mass is 225 g/mol. The number of hydrogen-bond acceptors (Lipinski definition) is 5. The molecule has 0 spiro atoms. The van der Waals surface area contributed by atoms with Crippen LogP contribution in [-0.2, 0) is 0 Å². The summed E-state index contributed by atoms with van der Waals surface area (Å²) in [5, 5.41) is 40.9. The molecule has 2 rings (SSSR count). The molecular formula is C11H15NO4. The Balaban J connectivity index is 2.26. The van der Waals surface area contributed by atoms with Crippen LogP contribution in [0.5, 0.6) is 5.75 Å². The molecule has 0 radical (unpaired) electrons. The molecule has 0 bridgehead atoms. The molecular weight excluding hydrogens is 210 g/mol. The molecule has 5 heteroatoms. The van der Waals surface area contributed by atoms with Gasteiger partial charge in [0, 0.05) is 5.56 Å². The minimum atomic E-state index is -1.04. The molecule has 1 aliphatic rings. The summed E-state index contributed by atoms with van der Waals surface area (Å²) in [5.74, 6) is 0.0600. The van der Waals surface area contributed by atoms with Crippen LogP contribution in [0.3, 0.4) is 0 Å². The normalized spacial score (nSPS) is 34.2. The summed E-state index contributed by atoms with van der Waals surface area (Å²) in [5.41, 5.74) is 0.519. The van der Waals surface area contributed by atoms with Crippen LogP contribution < -0.4 is 5.32 Å². The van der Waals surface area contributed by atoms with Crippen LogP contribution in [0.2, 0.25) is 0 Å². The Hall–Kier alpha value is -1.14. The van der Waals surface area contributed by atoms with Crippen molar-refractivity contribution in [3.63, 3.8) is 0 Å². The fraction of sp³-hybridized carbons (Fsp3) is 0.455. The second kappa shape index (κ2) is 4.39. The molecule has 1 aliphatic heterocycles. The summed E-state index contributed by atoms with van der Waals surface area (Å²) in [6.45, 7) is -0.262. The Labute approximate surface area is 93.0 Å². The maximum atomic E-state index is 9.80. The van der Waals surface area contributed by atoms with Gasteiger partial charge in [0.05, 0.1) is 24.8 Å². The number of phenolic OH excluding ortho intramolecular Hbond substituents is 1. The fourth-order valence-electron chi connectivity index (χ4n) is 2.05. The van der Waals surface area contributed by atoms with Crippen molar-refractivity contribution in [1.82, 2.24) is 5.32 Å². The van der Waals surface area contributed by atoms with E-state index in [9.17, 15) is 15.3 Å². The lowest BCUT2D eigenvalue weighted by Crippen LogP contribution is -2.35. The smallest absolute Gasteiger partial charge is 0.120 e. The molecule has 1 fully saturated rings. The van der Waals surface area contributed by atoms with Gasteiger partial charge in [-0.3, -0.25) is 0 Å². The predicted molar refractivity (Wildman–Crippen MR) is 56.9 cm³/mol. The largest absolute Gasteiger partial charge is 0.508 e. The highest BCUT2D eigenvalue weighted by atomic mass is 16.3. The summed E-state index contributed by atoms with van der Waals surface area (Å²) in [4.78, 5) is 0. The summed E-state index contributed by atoms with van der Waals surface area (Å²) in [7, 11) is 0. The summed E-state index contributed by atoms with van der Waals surface area (Å²) in [6.07, 6.45) is -2.07. The highest BCUT2D eigenvalue weighted by Crippen LogP contribution is 2.32. The quantitative estimate of drug-likeness (QED) is 0.451. The van der Waals surface area contributed by atoms with Gasteiger partial charge in [0.15, 0.2) is 0 Å². The van der Waals surface area contributed by atoms with Crippen LogP contribution in [0.1, 0.15) is 11.6 Å². The number of nitrogens with one attached hydrogen (secondary N) is 1. The lowest BCUT2D eigenvalue weighted by Gasteiger charge is -2.17. The van der Waals surface area contributed by atoms with E-state index in [2.05, 4.69) is 5.32 Å². The lowest BCUT2D eigenvalue weighted by molar-refractivity contribution is 0.0192. The van der Waals surface area contributed by atoms with Crippen molar-refractivity contribution in [3.05, 3.63) is 29.8 Å². The van der Waals surface area contributed by atoms with Gasteiger partial charge in [-0.1, -0.05) is 18.2 Å². The van der Waals surface area contributed by atoms with Crippen LogP contribution in [0, 0.1) is 0 Å². The van der Waals surface area contributed by atoms with Gasteiger partial charge in [0.25, 0.3) is 0 Å². The number of hydrogen-bond donors (Lipinski definition) is 5. The van der Waals surface area contributed by atoms with Gasteiger partial charge >= 0.3 is 0 Å². The highest BCUT2D eigenvalue weighted by Gasteiger charge is 2.41. The standard InChI is InChI=1S/C11H15NO4/c13-5-7-10(15)11(16)9(12-7)6-3-1-2-4-8(6)14/h1-4,7,9-16H,5H2/t7-,9-,10-,11-/m1/s1. The minimum absolute atomic E-state index is 0.0600. The molecule has 88 valence electrons. The molecule has 1 aromatic rings. The number of para-hydroxylation sites is 1. The van der Waals surface area contributed by atoms with Gasteiger partial charge in [-0.25, -0.2) is 0 Å². The molecule has 5 N–H and O–H groups in total. The Bertz CT molecular complexity index is 371. The van der Waals surface area contributed by atoms with E-state index in [0.29, 0.717) is 5.56 Å². The first-order valence-corrected chi connectivity index (χ1v) is 5.16. The second-order valence-electron chi connectivity index (χ2n) is 3.97. The summed E-state index contributed by atoms with van der Waals surface area (Å²) in [6, 6.07) is 5.47. The number of aliphatic hydroxyl groups excluding tert-OH is 3. The number of rotatable bonds is 2. The van der Waals surface area contributed by atoms with Gasteiger partial charge in [-0.2, -0.15) is 0 Å². The Morgan fingerprint density at radius 3 is 2.38 bits per heavy atom. The van der Waals surface area contributed by atoms with Crippen LogP contribution in [-0.4, -0.2) is 45.3 Å². The summed E-state index contributed by atoms with van der Waals surface area (Å²) >= 11 is 0. The molecule has 0 saturated carbocycles. The van der Waals surface area contributed by atoms with Crippen molar-refractivity contribution >= 4 is 0 Å². The minimum Gasteiger partial charge on any atom is -0.508 e. The first-order chi connectivity index (χ1) is 7.65. The zero-order valence-electron chi connectivity index (χ0n) is 8.61. The first-order valence-electron chi connectivity index (χ1n) is 5.16. The highest BCUT2D eigenvalue weighted by molar-refractivity contribution is 5.36. The average Bonchev–Trinajstić information content (AvgIpc) is 2.57. The Morgan fingerprint density at radius 1 is 1.12 bits per heavy atom. The van der Waals surface area contributed by atoms with Crippen LogP contribution >= 0.6 is 0 Å². The van der Waals surface area contributed by atoms with Gasteiger partial charge < -0.3 is 25.7 Å². The third kappa shape index (κ3) is 1.78. The first kappa shape index (κ1) is 11.3. The van der Waals surface area contributed by atoms with E-state index in [0.717, 1.165) is 0 Å². The maximum absolute atomic E-state index is 9.80. The van der Waals surface area contributed by atoms with Crippen molar-refractivity contribution in [2.45, 2.75) is 24.3 Å². The molecule has 4 atom stereocenters. The van der Waals surface area contributed by atoms with Gasteiger partial charge in [0.1, 0.15) is 11.9 Å². The number of aromatic hydroxyl groups is 1. The van der Waals surface area contributed by atoms with Crippen LogP contribution in [0.15, 0.2) is 24.3 Å². The summed E-state index contributed by atoms with van der Waals surface area (Å²) < 4.78 is 0. The van der Waals surface area contributed by atoms with E-state index >= 15 is 0 Å². The van der Waals surface area contributed by atoms with E-state index in [1.54, 1.807) is 18.2 Å². The number of phenols is 1. The number of benzene rings is 1. The van der Waals surface area contributed by atoms with Crippen molar-refractivity contribution in [2.75, 3.05) is 6.61 Å². The second-order valence-corrected chi connectivity index (χ2v) is 3.97. The van der Waals surface area contributed by atoms with Crippen molar-refractivity contribution in [1.29, 1.82) is 0 Å². The van der Waals surface area contributed by atoms with Crippen LogP contribution in [0.25, 0.3) is 0 Å². The molecule has 1 heterocycles. The van der Waals surface area contributed by atoms with E-state index in [1.807, 2.05) is 0 Å². The molecule has 0 unspecified atom stereocenters. The molecule has 1 aromatic carbocycles. The number of aliphatic hydroxyl groups is 3. The van der Waals surface area contributed by atoms with Crippen molar-refractivity contribution in [2.24, 2.45) is 0 Å². The van der Waals surface area contributed by atoms with E-state index < -0.39 is 24.3 Å². The van der Waals surface area contributed by atoms with E-state index in [1.165, 1.54) is 6.07 Å². The van der Waals surface area contributed by atoms with Crippen molar-refractivity contribution < 1.29 is 20.4 Å². The predicted octanol–water partition coefficient (Wildman–Crippen LogP) is -0.881. The van der Waals surface area contributed by atoms with Gasteiger partial charge in [0.2, 0.25) is 0 Å². The Kier molecular flexibility index (Phi) is 3.11. The molecule has 1 saturated heterocycles. The molecule has 16 heavy (non-hydrogen) atoms. The van der Waals surface area contributed by atoms with E-state index in [-0.39, 0.29) is 12.4 Å². The van der Waals surface area contributed by atoms with Gasteiger partial charge in [-0.05, 0) is 6.07 Å². The average molecular weight is 225 g/mol. The maximum Gasteiger partial charge on any atom is 0.120 e. The lowest BCUT2D eigenvalue weighted by atomic mass is 10.0. The topological polar surface area (TPSA) is 93.0 Å². The van der Waals surface area contributed by atoms with Gasteiger partial charge in [-0.15, -0.1) is 0 Å². The third-order valence-electron chi connectivity index (χ3n) is 2.97. The van der Waals surface area contributed by atoms with E-state index in [4.69, 9.17) is 5.11 Å². The van der Waals surface area contributed by atoms with Crippen LogP contribution in [0.4, 0.5) is 0 Å². The zero-order chi connectivity index (χ0) is 11.7. The SMILES string of the molecule is OC[C@H]1N[C@H](c2ccccc2O)[C@@H](O)[C@@H]1O. The molecule has 0 amide bonds.